The minimum atomic E-state index is -0.298. The topological polar surface area (TPSA) is 73.3 Å². The Kier molecular flexibility index (Phi) is 4.80. The standard InChI is InChI=1S/C12H13N3O3S2/c1-17-7-4-5-8(9(6-7)18-2)10(16)13-11-14-15-12(19-3)20-11/h4-6H,1-3H3,(H,13,14,16). The van der Waals surface area contributed by atoms with Crippen LogP contribution in [0.2, 0.25) is 0 Å². The highest BCUT2D eigenvalue weighted by molar-refractivity contribution is 8.00. The van der Waals surface area contributed by atoms with Gasteiger partial charge in [0.2, 0.25) is 5.13 Å². The molecule has 1 aromatic carbocycles. The Balaban J connectivity index is 2.20. The molecule has 0 unspecified atom stereocenters. The average molecular weight is 311 g/mol. The SMILES string of the molecule is COc1ccc(C(=O)Nc2nnc(SC)s2)c(OC)c1. The van der Waals surface area contributed by atoms with Crippen LogP contribution < -0.4 is 14.8 Å². The van der Waals surface area contributed by atoms with Gasteiger partial charge in [-0.15, -0.1) is 10.2 Å². The second kappa shape index (κ2) is 6.58. The van der Waals surface area contributed by atoms with E-state index in [0.29, 0.717) is 22.2 Å². The number of hydrogen-bond donors (Lipinski definition) is 1. The number of aromatic nitrogens is 2. The molecule has 6 nitrogen and oxygen atoms in total. The van der Waals surface area contributed by atoms with E-state index in [1.807, 2.05) is 6.26 Å². The molecule has 0 radical (unpaired) electrons. The zero-order chi connectivity index (χ0) is 14.5. The molecular formula is C12H13N3O3S2. The summed E-state index contributed by atoms with van der Waals surface area (Å²) in [6.45, 7) is 0. The molecule has 8 heteroatoms. The van der Waals surface area contributed by atoms with Crippen molar-refractivity contribution < 1.29 is 14.3 Å². The molecule has 106 valence electrons. The van der Waals surface area contributed by atoms with E-state index in [1.54, 1.807) is 25.3 Å². The van der Waals surface area contributed by atoms with Gasteiger partial charge in [0.1, 0.15) is 11.5 Å². The van der Waals surface area contributed by atoms with Gasteiger partial charge < -0.3 is 9.47 Å². The number of nitrogens with one attached hydrogen (secondary N) is 1. The third-order valence-corrected chi connectivity index (χ3v) is 4.27. The number of ether oxygens (including phenoxy) is 2. The molecule has 2 rings (SSSR count). The summed E-state index contributed by atoms with van der Waals surface area (Å²) in [5.74, 6) is 0.767. The molecule has 1 aromatic heterocycles. The monoisotopic (exact) mass is 311 g/mol. The molecule has 1 N–H and O–H groups in total. The average Bonchev–Trinajstić information content (AvgIpc) is 2.94. The predicted molar refractivity (Wildman–Crippen MR) is 79.2 cm³/mol. The van der Waals surface area contributed by atoms with Crippen molar-refractivity contribution in [3.8, 4) is 11.5 Å². The molecule has 20 heavy (non-hydrogen) atoms. The minimum absolute atomic E-state index is 0.298. The largest absolute Gasteiger partial charge is 0.497 e. The van der Waals surface area contributed by atoms with E-state index >= 15 is 0 Å². The van der Waals surface area contributed by atoms with Gasteiger partial charge in [-0.3, -0.25) is 10.1 Å². The highest BCUT2D eigenvalue weighted by atomic mass is 32.2. The Morgan fingerprint density at radius 1 is 1.30 bits per heavy atom. The summed E-state index contributed by atoms with van der Waals surface area (Å²) in [4.78, 5) is 12.2. The third kappa shape index (κ3) is 3.20. The first kappa shape index (κ1) is 14.6. The van der Waals surface area contributed by atoms with E-state index < -0.39 is 0 Å². The number of hydrogen-bond acceptors (Lipinski definition) is 7. The van der Waals surface area contributed by atoms with Crippen LogP contribution in [0.1, 0.15) is 10.4 Å². The molecule has 0 aliphatic heterocycles. The molecule has 1 amide bonds. The lowest BCUT2D eigenvalue weighted by Crippen LogP contribution is -2.13. The van der Waals surface area contributed by atoms with Crippen LogP contribution >= 0.6 is 23.1 Å². The van der Waals surface area contributed by atoms with E-state index in [-0.39, 0.29) is 5.91 Å². The molecular weight excluding hydrogens is 298 g/mol. The Labute approximate surface area is 124 Å². The van der Waals surface area contributed by atoms with Crippen LogP contribution in [0, 0.1) is 0 Å². The van der Waals surface area contributed by atoms with Crippen LogP contribution in [-0.2, 0) is 0 Å². The van der Waals surface area contributed by atoms with Crippen molar-refractivity contribution in [2.24, 2.45) is 0 Å². The quantitative estimate of drug-likeness (QED) is 0.675. The predicted octanol–water partition coefficient (Wildman–Crippen LogP) is 2.53. The Morgan fingerprint density at radius 2 is 2.10 bits per heavy atom. The maximum Gasteiger partial charge on any atom is 0.261 e. The summed E-state index contributed by atoms with van der Waals surface area (Å²) in [5, 5.41) is 11.0. The van der Waals surface area contributed by atoms with Crippen LogP contribution in [0.3, 0.4) is 0 Å². The van der Waals surface area contributed by atoms with Gasteiger partial charge >= 0.3 is 0 Å². The van der Waals surface area contributed by atoms with Crippen LogP contribution in [0.4, 0.5) is 5.13 Å². The van der Waals surface area contributed by atoms with E-state index in [1.165, 1.54) is 30.2 Å². The van der Waals surface area contributed by atoms with Crippen molar-refractivity contribution in [3.05, 3.63) is 23.8 Å². The van der Waals surface area contributed by atoms with E-state index in [2.05, 4.69) is 15.5 Å². The van der Waals surface area contributed by atoms with Gasteiger partial charge in [-0.1, -0.05) is 23.1 Å². The first-order chi connectivity index (χ1) is 9.67. The van der Waals surface area contributed by atoms with E-state index in [0.717, 1.165) is 4.34 Å². The Morgan fingerprint density at radius 3 is 2.70 bits per heavy atom. The molecule has 0 aliphatic carbocycles. The zero-order valence-electron chi connectivity index (χ0n) is 11.2. The molecule has 0 saturated heterocycles. The van der Waals surface area contributed by atoms with Gasteiger partial charge in [0.15, 0.2) is 4.34 Å². The summed E-state index contributed by atoms with van der Waals surface area (Å²) in [7, 11) is 3.06. The summed E-state index contributed by atoms with van der Waals surface area (Å²) < 4.78 is 11.1. The number of carbonyl (C=O) groups is 1. The lowest BCUT2D eigenvalue weighted by molar-refractivity contribution is 0.102. The lowest BCUT2D eigenvalue weighted by Gasteiger charge is -2.09. The fourth-order valence-corrected chi connectivity index (χ4v) is 2.66. The molecule has 0 bridgehead atoms. The Hall–Kier alpha value is -1.80. The molecule has 0 saturated carbocycles. The maximum atomic E-state index is 12.2. The molecule has 0 aliphatic rings. The van der Waals surface area contributed by atoms with Crippen molar-refractivity contribution in [1.82, 2.24) is 10.2 Å². The number of methoxy groups -OCH3 is 2. The summed E-state index contributed by atoms with van der Waals surface area (Å²) >= 11 is 2.80. The number of rotatable bonds is 5. The summed E-state index contributed by atoms with van der Waals surface area (Å²) in [5.41, 5.74) is 0.411. The van der Waals surface area contributed by atoms with Crippen LogP contribution in [0.25, 0.3) is 0 Å². The first-order valence-corrected chi connectivity index (χ1v) is 7.63. The number of amides is 1. The molecule has 2 aromatic rings. The highest BCUT2D eigenvalue weighted by Crippen LogP contribution is 2.27. The number of carbonyl (C=O) groups excluding carboxylic acids is 1. The fraction of sp³-hybridized carbons (Fsp3) is 0.250. The minimum Gasteiger partial charge on any atom is -0.497 e. The van der Waals surface area contributed by atoms with Crippen molar-refractivity contribution in [2.45, 2.75) is 4.34 Å². The third-order valence-electron chi connectivity index (χ3n) is 2.45. The smallest absolute Gasteiger partial charge is 0.261 e. The summed E-state index contributed by atoms with van der Waals surface area (Å²) in [6, 6.07) is 5.00. The number of thioether (sulfide) groups is 1. The van der Waals surface area contributed by atoms with Gasteiger partial charge in [0.25, 0.3) is 5.91 Å². The van der Waals surface area contributed by atoms with Crippen molar-refractivity contribution >= 4 is 34.1 Å². The van der Waals surface area contributed by atoms with Gasteiger partial charge in [0.05, 0.1) is 19.8 Å². The number of benzene rings is 1. The van der Waals surface area contributed by atoms with Crippen LogP contribution in [0.5, 0.6) is 11.5 Å². The van der Waals surface area contributed by atoms with Gasteiger partial charge in [-0.25, -0.2) is 0 Å². The molecule has 0 atom stereocenters. The molecule has 0 spiro atoms. The fourth-order valence-electron chi connectivity index (χ4n) is 1.49. The maximum absolute atomic E-state index is 12.2. The van der Waals surface area contributed by atoms with E-state index in [9.17, 15) is 4.79 Å². The van der Waals surface area contributed by atoms with Crippen molar-refractivity contribution in [3.63, 3.8) is 0 Å². The molecule has 1 heterocycles. The second-order valence-electron chi connectivity index (χ2n) is 3.60. The Bertz CT molecular complexity index is 616. The van der Waals surface area contributed by atoms with E-state index in [4.69, 9.17) is 9.47 Å². The van der Waals surface area contributed by atoms with Crippen molar-refractivity contribution in [1.29, 1.82) is 0 Å². The van der Waals surface area contributed by atoms with Gasteiger partial charge in [0, 0.05) is 6.07 Å². The van der Waals surface area contributed by atoms with Gasteiger partial charge in [-0.2, -0.15) is 0 Å². The molecule has 0 fully saturated rings. The van der Waals surface area contributed by atoms with Crippen LogP contribution in [0.15, 0.2) is 22.5 Å². The zero-order valence-corrected chi connectivity index (χ0v) is 12.8. The van der Waals surface area contributed by atoms with Gasteiger partial charge in [-0.05, 0) is 18.4 Å². The van der Waals surface area contributed by atoms with Crippen molar-refractivity contribution in [2.75, 3.05) is 25.8 Å². The number of anilines is 1. The highest BCUT2D eigenvalue weighted by Gasteiger charge is 2.15. The normalized spacial score (nSPS) is 10.2. The second-order valence-corrected chi connectivity index (χ2v) is 5.63. The summed E-state index contributed by atoms with van der Waals surface area (Å²) in [6.07, 6.45) is 1.90. The first-order valence-electron chi connectivity index (χ1n) is 5.58. The van der Waals surface area contributed by atoms with Crippen LogP contribution in [-0.4, -0.2) is 36.6 Å². The lowest BCUT2D eigenvalue weighted by atomic mass is 10.2. The number of nitrogens with zero attached hydrogens (tertiary/aromatic N) is 2.